The third kappa shape index (κ3) is 2.75. The SMILES string of the molecule is CC1CNCCN1S(=O)(=O)c1cccc([N+](=O)[O-])c1. The molecule has 0 aliphatic carbocycles. The molecule has 1 aromatic carbocycles. The van der Waals surface area contributed by atoms with Crippen molar-refractivity contribution in [3.63, 3.8) is 0 Å². The van der Waals surface area contributed by atoms with Gasteiger partial charge in [-0.3, -0.25) is 10.1 Å². The molecule has 1 atom stereocenters. The van der Waals surface area contributed by atoms with Gasteiger partial charge in [-0.25, -0.2) is 8.42 Å². The van der Waals surface area contributed by atoms with Gasteiger partial charge in [-0.05, 0) is 13.0 Å². The first-order chi connectivity index (χ1) is 8.93. The summed E-state index contributed by atoms with van der Waals surface area (Å²) in [7, 11) is -3.68. The molecule has 0 saturated carbocycles. The van der Waals surface area contributed by atoms with Gasteiger partial charge in [0, 0.05) is 37.8 Å². The third-order valence-corrected chi connectivity index (χ3v) is 5.08. The number of nitrogens with one attached hydrogen (secondary N) is 1. The minimum absolute atomic E-state index is 0.0320. The van der Waals surface area contributed by atoms with Crippen LogP contribution in [0, 0.1) is 10.1 Å². The monoisotopic (exact) mass is 285 g/mol. The predicted molar refractivity (Wildman–Crippen MR) is 69.3 cm³/mol. The van der Waals surface area contributed by atoms with Gasteiger partial charge in [0.1, 0.15) is 0 Å². The van der Waals surface area contributed by atoms with E-state index in [0.29, 0.717) is 19.6 Å². The Bertz CT molecular complexity index is 587. The third-order valence-electron chi connectivity index (χ3n) is 3.08. The van der Waals surface area contributed by atoms with Crippen molar-refractivity contribution < 1.29 is 13.3 Å². The minimum atomic E-state index is -3.68. The van der Waals surface area contributed by atoms with Crippen molar-refractivity contribution in [2.75, 3.05) is 19.6 Å². The van der Waals surface area contributed by atoms with Gasteiger partial charge in [0.05, 0.1) is 9.82 Å². The summed E-state index contributed by atoms with van der Waals surface area (Å²) < 4.78 is 26.3. The van der Waals surface area contributed by atoms with E-state index in [4.69, 9.17) is 0 Å². The molecule has 19 heavy (non-hydrogen) atoms. The van der Waals surface area contributed by atoms with E-state index in [-0.39, 0.29) is 16.6 Å². The Balaban J connectivity index is 2.38. The first-order valence-corrected chi connectivity index (χ1v) is 7.34. The predicted octanol–water partition coefficient (Wildman–Crippen LogP) is 0.577. The Hall–Kier alpha value is -1.51. The van der Waals surface area contributed by atoms with E-state index in [2.05, 4.69) is 5.32 Å². The zero-order valence-electron chi connectivity index (χ0n) is 10.4. The summed E-state index contributed by atoms with van der Waals surface area (Å²) in [6.07, 6.45) is 0. The summed E-state index contributed by atoms with van der Waals surface area (Å²) in [5, 5.41) is 13.8. The minimum Gasteiger partial charge on any atom is -0.314 e. The molecule has 104 valence electrons. The second kappa shape index (κ2) is 5.24. The fraction of sp³-hybridized carbons (Fsp3) is 0.455. The standard InChI is InChI=1S/C11H15N3O4S/c1-9-8-12-5-6-13(9)19(17,18)11-4-2-3-10(7-11)14(15)16/h2-4,7,9,12H,5-6,8H2,1H3. The lowest BCUT2D eigenvalue weighted by molar-refractivity contribution is -0.385. The van der Waals surface area contributed by atoms with Crippen LogP contribution in [0.15, 0.2) is 29.2 Å². The van der Waals surface area contributed by atoms with Gasteiger partial charge in [-0.15, -0.1) is 0 Å². The molecule has 8 heteroatoms. The van der Waals surface area contributed by atoms with Crippen molar-refractivity contribution in [2.45, 2.75) is 17.9 Å². The van der Waals surface area contributed by atoms with Gasteiger partial charge >= 0.3 is 0 Å². The number of nitrogens with zero attached hydrogens (tertiary/aromatic N) is 2. The van der Waals surface area contributed by atoms with Crippen LogP contribution in [-0.2, 0) is 10.0 Å². The number of sulfonamides is 1. The van der Waals surface area contributed by atoms with Gasteiger partial charge in [0.2, 0.25) is 10.0 Å². The highest BCUT2D eigenvalue weighted by Gasteiger charge is 2.31. The van der Waals surface area contributed by atoms with E-state index in [9.17, 15) is 18.5 Å². The lowest BCUT2D eigenvalue weighted by atomic mass is 10.3. The molecule has 0 bridgehead atoms. The molecular formula is C11H15N3O4S. The van der Waals surface area contributed by atoms with Crippen LogP contribution < -0.4 is 5.32 Å². The van der Waals surface area contributed by atoms with E-state index in [0.717, 1.165) is 6.07 Å². The second-order valence-electron chi connectivity index (χ2n) is 4.42. The van der Waals surface area contributed by atoms with Crippen LogP contribution >= 0.6 is 0 Å². The largest absolute Gasteiger partial charge is 0.314 e. The molecule has 1 unspecified atom stereocenters. The average molecular weight is 285 g/mol. The van der Waals surface area contributed by atoms with Crippen molar-refractivity contribution >= 4 is 15.7 Å². The molecule has 1 aliphatic rings. The molecule has 1 heterocycles. The van der Waals surface area contributed by atoms with Crippen molar-refractivity contribution in [3.05, 3.63) is 34.4 Å². The van der Waals surface area contributed by atoms with Crippen molar-refractivity contribution in [3.8, 4) is 0 Å². The zero-order chi connectivity index (χ0) is 14.0. The summed E-state index contributed by atoms with van der Waals surface area (Å²) in [6, 6.07) is 4.98. The molecule has 1 fully saturated rings. The van der Waals surface area contributed by atoms with Crippen molar-refractivity contribution in [1.29, 1.82) is 0 Å². The Morgan fingerprint density at radius 2 is 2.21 bits per heavy atom. The average Bonchev–Trinajstić information content (AvgIpc) is 2.39. The highest BCUT2D eigenvalue weighted by molar-refractivity contribution is 7.89. The van der Waals surface area contributed by atoms with Gasteiger partial charge in [-0.1, -0.05) is 6.07 Å². The lowest BCUT2D eigenvalue weighted by Crippen LogP contribution is -2.52. The second-order valence-corrected chi connectivity index (χ2v) is 6.31. The van der Waals surface area contributed by atoms with Crippen LogP contribution in [0.1, 0.15) is 6.92 Å². The maximum absolute atomic E-state index is 12.4. The molecule has 7 nitrogen and oxygen atoms in total. The summed E-state index contributed by atoms with van der Waals surface area (Å²) >= 11 is 0. The van der Waals surface area contributed by atoms with Crippen LogP contribution in [0.4, 0.5) is 5.69 Å². The first-order valence-electron chi connectivity index (χ1n) is 5.90. The van der Waals surface area contributed by atoms with Crippen LogP contribution in [-0.4, -0.2) is 43.3 Å². The van der Waals surface area contributed by atoms with Crippen LogP contribution in [0.25, 0.3) is 0 Å². The molecule has 1 N–H and O–H groups in total. The van der Waals surface area contributed by atoms with Gasteiger partial charge in [0.15, 0.2) is 0 Å². The molecule has 0 amide bonds. The first kappa shape index (κ1) is 13.9. The summed E-state index contributed by atoms with van der Waals surface area (Å²) in [5.41, 5.74) is -0.219. The molecule has 0 aromatic heterocycles. The molecule has 1 aromatic rings. The number of benzene rings is 1. The van der Waals surface area contributed by atoms with Crippen molar-refractivity contribution in [2.24, 2.45) is 0 Å². The maximum atomic E-state index is 12.4. The molecule has 0 radical (unpaired) electrons. The summed E-state index contributed by atoms with van der Waals surface area (Å²) in [6.45, 7) is 3.33. The Kier molecular flexibility index (Phi) is 3.83. The zero-order valence-corrected chi connectivity index (χ0v) is 11.3. The number of hydrogen-bond acceptors (Lipinski definition) is 5. The van der Waals surface area contributed by atoms with E-state index in [1.165, 1.54) is 22.5 Å². The Morgan fingerprint density at radius 1 is 1.47 bits per heavy atom. The van der Waals surface area contributed by atoms with E-state index < -0.39 is 14.9 Å². The quantitative estimate of drug-likeness (QED) is 0.647. The number of rotatable bonds is 3. The maximum Gasteiger partial charge on any atom is 0.270 e. The topological polar surface area (TPSA) is 92.6 Å². The highest BCUT2D eigenvalue weighted by Crippen LogP contribution is 2.22. The highest BCUT2D eigenvalue weighted by atomic mass is 32.2. The van der Waals surface area contributed by atoms with Gasteiger partial charge in [-0.2, -0.15) is 4.31 Å². The number of nitro groups is 1. The normalized spacial score (nSPS) is 21.2. The molecule has 0 spiro atoms. The van der Waals surface area contributed by atoms with Crippen molar-refractivity contribution in [1.82, 2.24) is 9.62 Å². The number of hydrogen-bond donors (Lipinski definition) is 1. The molecule has 1 aliphatic heterocycles. The molecule has 1 saturated heterocycles. The lowest BCUT2D eigenvalue weighted by Gasteiger charge is -2.32. The number of nitro benzene ring substituents is 1. The Labute approximate surface area is 111 Å². The smallest absolute Gasteiger partial charge is 0.270 e. The Morgan fingerprint density at radius 3 is 2.84 bits per heavy atom. The van der Waals surface area contributed by atoms with Gasteiger partial charge < -0.3 is 5.32 Å². The van der Waals surface area contributed by atoms with E-state index in [1.54, 1.807) is 6.92 Å². The van der Waals surface area contributed by atoms with E-state index in [1.807, 2.05) is 0 Å². The molecular weight excluding hydrogens is 270 g/mol. The van der Waals surface area contributed by atoms with Crippen LogP contribution in [0.3, 0.4) is 0 Å². The van der Waals surface area contributed by atoms with Crippen LogP contribution in [0.5, 0.6) is 0 Å². The van der Waals surface area contributed by atoms with Gasteiger partial charge in [0.25, 0.3) is 5.69 Å². The molecule has 2 rings (SSSR count). The van der Waals surface area contributed by atoms with E-state index >= 15 is 0 Å². The fourth-order valence-corrected chi connectivity index (χ4v) is 3.74. The summed E-state index contributed by atoms with van der Waals surface area (Å²) in [4.78, 5) is 10.1. The number of piperazine rings is 1. The number of non-ortho nitro benzene ring substituents is 1. The summed E-state index contributed by atoms with van der Waals surface area (Å²) in [5.74, 6) is 0. The fourth-order valence-electron chi connectivity index (χ4n) is 2.07. The van der Waals surface area contributed by atoms with Crippen LogP contribution in [0.2, 0.25) is 0 Å².